The van der Waals surface area contributed by atoms with Gasteiger partial charge < -0.3 is 10.2 Å². The van der Waals surface area contributed by atoms with Gasteiger partial charge in [-0.2, -0.15) is 0 Å². The molecule has 1 aliphatic heterocycles. The van der Waals surface area contributed by atoms with Crippen LogP contribution in [-0.4, -0.2) is 29.8 Å². The number of hydrogen-bond donors (Lipinski definition) is 1. The molecule has 2 saturated carbocycles. The molecule has 0 radical (unpaired) electrons. The van der Waals surface area contributed by atoms with E-state index in [0.29, 0.717) is 31.5 Å². The molecule has 2 bridgehead atoms. The van der Waals surface area contributed by atoms with Crippen LogP contribution in [-0.2, 0) is 16.1 Å². The van der Waals surface area contributed by atoms with Crippen molar-refractivity contribution in [1.29, 1.82) is 0 Å². The highest BCUT2D eigenvalue weighted by Crippen LogP contribution is 2.49. The van der Waals surface area contributed by atoms with Crippen molar-refractivity contribution in [3.05, 3.63) is 35.6 Å². The number of nitrogens with zero attached hydrogens (tertiary/aromatic N) is 1. The summed E-state index contributed by atoms with van der Waals surface area (Å²) in [6.45, 7) is 1.81. The van der Waals surface area contributed by atoms with Crippen molar-refractivity contribution in [2.45, 2.75) is 45.1 Å². The van der Waals surface area contributed by atoms with Gasteiger partial charge in [-0.3, -0.25) is 9.59 Å². The second kappa shape index (κ2) is 7.37. The SMILES string of the molecule is O=C(NCc1ccc(F)cc1)C1CCN(C(=O)C2CC3CCC2C3)CC1. The van der Waals surface area contributed by atoms with Crippen LogP contribution in [0.25, 0.3) is 0 Å². The molecular weight excluding hydrogens is 331 g/mol. The lowest BCUT2D eigenvalue weighted by molar-refractivity contribution is -0.140. The molecule has 4 rings (SSSR count). The maximum atomic E-state index is 12.9. The van der Waals surface area contributed by atoms with Crippen molar-refractivity contribution >= 4 is 11.8 Å². The maximum absolute atomic E-state index is 12.9. The Bertz CT molecular complexity index is 667. The van der Waals surface area contributed by atoms with Gasteiger partial charge >= 0.3 is 0 Å². The van der Waals surface area contributed by atoms with E-state index in [0.717, 1.165) is 30.7 Å². The molecule has 0 aromatic heterocycles. The number of carbonyl (C=O) groups excluding carboxylic acids is 2. The maximum Gasteiger partial charge on any atom is 0.225 e. The van der Waals surface area contributed by atoms with Crippen molar-refractivity contribution in [2.24, 2.45) is 23.7 Å². The highest BCUT2D eigenvalue weighted by Gasteiger charge is 2.44. The molecule has 5 heteroatoms. The molecule has 1 aromatic carbocycles. The van der Waals surface area contributed by atoms with E-state index in [9.17, 15) is 14.0 Å². The third-order valence-electron chi connectivity index (χ3n) is 6.61. The van der Waals surface area contributed by atoms with Crippen LogP contribution in [0.2, 0.25) is 0 Å². The molecule has 3 fully saturated rings. The molecule has 2 amide bonds. The molecule has 4 nitrogen and oxygen atoms in total. The van der Waals surface area contributed by atoms with E-state index >= 15 is 0 Å². The molecule has 0 spiro atoms. The van der Waals surface area contributed by atoms with E-state index in [1.165, 1.54) is 31.4 Å². The van der Waals surface area contributed by atoms with Crippen LogP contribution in [0.5, 0.6) is 0 Å². The van der Waals surface area contributed by atoms with Crippen LogP contribution in [0, 0.1) is 29.5 Å². The fourth-order valence-corrected chi connectivity index (χ4v) is 5.08. The largest absolute Gasteiger partial charge is 0.352 e. The Hall–Kier alpha value is -1.91. The molecule has 3 aliphatic rings. The van der Waals surface area contributed by atoms with E-state index < -0.39 is 0 Å². The van der Waals surface area contributed by atoms with Gasteiger partial charge in [-0.05, 0) is 61.6 Å². The number of halogens is 1. The molecule has 26 heavy (non-hydrogen) atoms. The Morgan fingerprint density at radius 3 is 2.38 bits per heavy atom. The number of hydrogen-bond acceptors (Lipinski definition) is 2. The number of fused-ring (bicyclic) bond motifs is 2. The van der Waals surface area contributed by atoms with Crippen molar-refractivity contribution in [1.82, 2.24) is 10.2 Å². The summed E-state index contributed by atoms with van der Waals surface area (Å²) < 4.78 is 12.9. The first kappa shape index (κ1) is 17.5. The van der Waals surface area contributed by atoms with Crippen molar-refractivity contribution in [3.63, 3.8) is 0 Å². The van der Waals surface area contributed by atoms with Gasteiger partial charge in [-0.15, -0.1) is 0 Å². The topological polar surface area (TPSA) is 49.4 Å². The predicted octanol–water partition coefficient (Wildman–Crippen LogP) is 3.12. The molecule has 1 heterocycles. The lowest BCUT2D eigenvalue weighted by Gasteiger charge is -2.34. The molecule has 1 saturated heterocycles. The number of piperidine rings is 1. The summed E-state index contributed by atoms with van der Waals surface area (Å²) in [5.41, 5.74) is 0.892. The van der Waals surface area contributed by atoms with E-state index in [1.807, 2.05) is 4.90 Å². The zero-order valence-electron chi connectivity index (χ0n) is 15.1. The Balaban J connectivity index is 1.23. The van der Waals surface area contributed by atoms with Crippen molar-refractivity contribution in [3.8, 4) is 0 Å². The van der Waals surface area contributed by atoms with Gasteiger partial charge in [0, 0.05) is 31.5 Å². The quantitative estimate of drug-likeness (QED) is 0.899. The second-order valence-corrected chi connectivity index (χ2v) is 8.23. The van der Waals surface area contributed by atoms with Gasteiger partial charge in [0.1, 0.15) is 5.82 Å². The minimum absolute atomic E-state index is 0.0282. The third-order valence-corrected chi connectivity index (χ3v) is 6.61. The van der Waals surface area contributed by atoms with Crippen LogP contribution in [0.3, 0.4) is 0 Å². The van der Waals surface area contributed by atoms with Gasteiger partial charge in [0.2, 0.25) is 11.8 Å². The van der Waals surface area contributed by atoms with Crippen LogP contribution in [0.4, 0.5) is 4.39 Å². The van der Waals surface area contributed by atoms with E-state index in [1.54, 1.807) is 12.1 Å². The van der Waals surface area contributed by atoms with Crippen molar-refractivity contribution < 1.29 is 14.0 Å². The summed E-state index contributed by atoms with van der Waals surface area (Å²) in [6, 6.07) is 6.18. The van der Waals surface area contributed by atoms with Gasteiger partial charge in [0.05, 0.1) is 0 Å². The lowest BCUT2D eigenvalue weighted by Crippen LogP contribution is -2.45. The number of amides is 2. The fraction of sp³-hybridized carbons (Fsp3) is 0.619. The molecule has 3 unspecified atom stereocenters. The first-order valence-corrected chi connectivity index (χ1v) is 9.91. The van der Waals surface area contributed by atoms with Gasteiger partial charge in [-0.25, -0.2) is 4.39 Å². The Morgan fingerprint density at radius 2 is 1.77 bits per heavy atom. The minimum Gasteiger partial charge on any atom is -0.352 e. The summed E-state index contributed by atoms with van der Waals surface area (Å²) in [6.07, 6.45) is 6.35. The van der Waals surface area contributed by atoms with E-state index in [2.05, 4.69) is 5.32 Å². The standard InChI is InChI=1S/C21H27FN2O2/c22-18-5-2-14(3-6-18)13-23-20(25)16-7-9-24(10-8-16)21(26)19-12-15-1-4-17(19)11-15/h2-3,5-6,15-17,19H,1,4,7-13H2,(H,23,25). The van der Waals surface area contributed by atoms with E-state index in [4.69, 9.17) is 0 Å². The van der Waals surface area contributed by atoms with E-state index in [-0.39, 0.29) is 23.6 Å². The average molecular weight is 358 g/mol. The van der Waals surface area contributed by atoms with Crippen LogP contribution in [0.15, 0.2) is 24.3 Å². The smallest absolute Gasteiger partial charge is 0.225 e. The Labute approximate surface area is 154 Å². The summed E-state index contributed by atoms with van der Waals surface area (Å²) >= 11 is 0. The fourth-order valence-electron chi connectivity index (χ4n) is 5.08. The normalized spacial score (nSPS) is 28.3. The highest BCUT2D eigenvalue weighted by atomic mass is 19.1. The molecule has 1 aromatic rings. The first-order chi connectivity index (χ1) is 12.6. The summed E-state index contributed by atoms with van der Waals surface area (Å²) in [7, 11) is 0. The zero-order chi connectivity index (χ0) is 18.1. The Kier molecular flexibility index (Phi) is 4.96. The number of carbonyl (C=O) groups is 2. The highest BCUT2D eigenvalue weighted by molar-refractivity contribution is 5.81. The second-order valence-electron chi connectivity index (χ2n) is 8.23. The monoisotopic (exact) mass is 358 g/mol. The molecular formula is C21H27FN2O2. The van der Waals surface area contributed by atoms with Gasteiger partial charge in [0.15, 0.2) is 0 Å². The lowest BCUT2D eigenvalue weighted by atomic mass is 9.86. The summed E-state index contributed by atoms with van der Waals surface area (Å²) in [4.78, 5) is 27.2. The molecule has 1 N–H and O–H groups in total. The average Bonchev–Trinajstić information content (AvgIpc) is 3.30. The van der Waals surface area contributed by atoms with Crippen LogP contribution < -0.4 is 5.32 Å². The third kappa shape index (κ3) is 3.62. The number of likely N-dealkylation sites (tertiary alicyclic amines) is 1. The number of rotatable bonds is 4. The predicted molar refractivity (Wildman–Crippen MR) is 96.5 cm³/mol. The van der Waals surface area contributed by atoms with Gasteiger partial charge in [0.25, 0.3) is 0 Å². The van der Waals surface area contributed by atoms with Crippen LogP contribution in [0.1, 0.15) is 44.1 Å². The Morgan fingerprint density at radius 1 is 1.04 bits per heavy atom. The molecule has 140 valence electrons. The first-order valence-electron chi connectivity index (χ1n) is 9.91. The number of nitrogens with one attached hydrogen (secondary N) is 1. The van der Waals surface area contributed by atoms with Crippen molar-refractivity contribution in [2.75, 3.05) is 13.1 Å². The zero-order valence-corrected chi connectivity index (χ0v) is 15.1. The summed E-state index contributed by atoms with van der Waals surface area (Å²) in [5.74, 6) is 1.72. The van der Waals surface area contributed by atoms with Gasteiger partial charge in [-0.1, -0.05) is 18.6 Å². The molecule has 3 atom stereocenters. The number of benzene rings is 1. The summed E-state index contributed by atoms with van der Waals surface area (Å²) in [5, 5.41) is 2.94. The minimum atomic E-state index is -0.271. The van der Waals surface area contributed by atoms with Crippen LogP contribution >= 0.6 is 0 Å². The molecule has 2 aliphatic carbocycles.